The Balaban J connectivity index is 1.92. The zero-order valence-electron chi connectivity index (χ0n) is 11.5. The lowest BCUT2D eigenvalue weighted by Crippen LogP contribution is -2.27. The molecule has 0 aromatic heterocycles. The summed E-state index contributed by atoms with van der Waals surface area (Å²) in [6.45, 7) is -0.0594. The summed E-state index contributed by atoms with van der Waals surface area (Å²) in [6.07, 6.45) is 0. The smallest absolute Gasteiger partial charge is 0.288 e. The number of nitrogens with zero attached hydrogens (tertiary/aromatic N) is 1. The number of hydrogen-bond acceptors (Lipinski definition) is 5. The summed E-state index contributed by atoms with van der Waals surface area (Å²) in [5.41, 5.74) is 2.72. The molecule has 0 aliphatic heterocycles. The molecule has 0 saturated heterocycles. The van der Waals surface area contributed by atoms with Gasteiger partial charge >= 0.3 is 5.91 Å². The standard InChI is InChI=1S/C15H14N2O5/c18-14(16-20)12-8-6-11(7-9-12)10-22-17(21)15(19)13-4-2-1-3-5-13/h1-9,20-21H,10H2,(H,16,18). The summed E-state index contributed by atoms with van der Waals surface area (Å²) >= 11 is 0. The van der Waals surface area contributed by atoms with E-state index in [-0.39, 0.29) is 17.4 Å². The average Bonchev–Trinajstić information content (AvgIpc) is 2.59. The van der Waals surface area contributed by atoms with Crippen molar-refractivity contribution in [1.82, 2.24) is 10.7 Å². The van der Waals surface area contributed by atoms with Crippen LogP contribution in [0.15, 0.2) is 54.6 Å². The molecule has 0 saturated carbocycles. The third kappa shape index (κ3) is 3.89. The first-order valence-electron chi connectivity index (χ1n) is 6.36. The predicted octanol–water partition coefficient (Wildman–Crippen LogP) is 1.77. The van der Waals surface area contributed by atoms with Gasteiger partial charge in [-0.05, 0) is 29.8 Å². The van der Waals surface area contributed by atoms with Crippen LogP contribution in [0.25, 0.3) is 0 Å². The van der Waals surface area contributed by atoms with Crippen molar-refractivity contribution < 1.29 is 24.8 Å². The van der Waals surface area contributed by atoms with Gasteiger partial charge in [0.25, 0.3) is 5.91 Å². The lowest BCUT2D eigenvalue weighted by Gasteiger charge is -2.14. The van der Waals surface area contributed by atoms with E-state index in [0.29, 0.717) is 11.1 Å². The maximum absolute atomic E-state index is 11.8. The molecular weight excluding hydrogens is 288 g/mol. The normalized spacial score (nSPS) is 10.1. The Kier molecular flexibility index (Phi) is 5.21. The van der Waals surface area contributed by atoms with Crippen LogP contribution in [0.2, 0.25) is 0 Å². The number of hydroxylamine groups is 3. The molecule has 0 bridgehead atoms. The van der Waals surface area contributed by atoms with Crippen molar-refractivity contribution in [1.29, 1.82) is 0 Å². The van der Waals surface area contributed by atoms with Crippen LogP contribution in [0.3, 0.4) is 0 Å². The van der Waals surface area contributed by atoms with E-state index in [1.807, 2.05) is 0 Å². The Morgan fingerprint density at radius 2 is 1.64 bits per heavy atom. The van der Waals surface area contributed by atoms with Gasteiger partial charge in [-0.15, -0.1) is 0 Å². The molecule has 7 nitrogen and oxygen atoms in total. The van der Waals surface area contributed by atoms with Gasteiger partial charge in [0.2, 0.25) is 0 Å². The minimum Gasteiger partial charge on any atom is -0.288 e. The van der Waals surface area contributed by atoms with Gasteiger partial charge in [0, 0.05) is 11.1 Å². The van der Waals surface area contributed by atoms with Gasteiger partial charge < -0.3 is 0 Å². The van der Waals surface area contributed by atoms with Gasteiger partial charge in [0.15, 0.2) is 0 Å². The van der Waals surface area contributed by atoms with E-state index in [4.69, 9.17) is 10.0 Å². The van der Waals surface area contributed by atoms with Crippen LogP contribution in [0.1, 0.15) is 26.3 Å². The molecule has 22 heavy (non-hydrogen) atoms. The highest BCUT2D eigenvalue weighted by Crippen LogP contribution is 2.08. The highest BCUT2D eigenvalue weighted by molar-refractivity contribution is 5.93. The van der Waals surface area contributed by atoms with Crippen molar-refractivity contribution in [3.8, 4) is 0 Å². The Bertz CT molecular complexity index is 643. The molecule has 0 unspecified atom stereocenters. The summed E-state index contributed by atoms with van der Waals surface area (Å²) in [5, 5.41) is 18.2. The van der Waals surface area contributed by atoms with Gasteiger partial charge in [0.05, 0.1) is 0 Å². The highest BCUT2D eigenvalue weighted by Gasteiger charge is 2.14. The van der Waals surface area contributed by atoms with Gasteiger partial charge in [-0.2, -0.15) is 0 Å². The Morgan fingerprint density at radius 3 is 2.23 bits per heavy atom. The van der Waals surface area contributed by atoms with Crippen LogP contribution in [-0.2, 0) is 11.4 Å². The maximum atomic E-state index is 11.8. The van der Waals surface area contributed by atoms with E-state index in [1.165, 1.54) is 17.6 Å². The molecule has 3 N–H and O–H groups in total. The van der Waals surface area contributed by atoms with Gasteiger partial charge in [-0.25, -0.2) is 10.3 Å². The zero-order chi connectivity index (χ0) is 15.9. The number of hydrogen-bond donors (Lipinski definition) is 3. The molecule has 2 amide bonds. The molecule has 0 aliphatic rings. The Morgan fingerprint density at radius 1 is 1.00 bits per heavy atom. The summed E-state index contributed by atoms with van der Waals surface area (Å²) in [4.78, 5) is 27.9. The Hall–Kier alpha value is -2.74. The lowest BCUT2D eigenvalue weighted by atomic mass is 10.1. The van der Waals surface area contributed by atoms with E-state index in [9.17, 15) is 14.8 Å². The van der Waals surface area contributed by atoms with Crippen LogP contribution in [0.5, 0.6) is 0 Å². The summed E-state index contributed by atoms with van der Waals surface area (Å²) in [5.74, 6) is -1.31. The van der Waals surface area contributed by atoms with Crippen molar-refractivity contribution >= 4 is 11.8 Å². The quantitative estimate of drug-likeness (QED) is 0.577. The molecule has 2 aromatic rings. The first-order valence-corrected chi connectivity index (χ1v) is 6.36. The molecule has 7 heteroatoms. The van der Waals surface area contributed by atoms with Crippen LogP contribution in [0, 0.1) is 0 Å². The topological polar surface area (TPSA) is 99.1 Å². The molecule has 0 fully saturated rings. The SMILES string of the molecule is O=C(NO)c1ccc(CON(O)C(=O)c2ccccc2)cc1. The van der Waals surface area contributed by atoms with Crippen molar-refractivity contribution in [3.63, 3.8) is 0 Å². The molecule has 2 aromatic carbocycles. The van der Waals surface area contributed by atoms with Crippen LogP contribution < -0.4 is 5.48 Å². The zero-order valence-corrected chi connectivity index (χ0v) is 11.5. The fraction of sp³-hybridized carbons (Fsp3) is 0.0667. The summed E-state index contributed by atoms with van der Waals surface area (Å²) in [6, 6.07) is 14.3. The number of carbonyl (C=O) groups excluding carboxylic acids is 2. The van der Waals surface area contributed by atoms with Crippen molar-refractivity contribution in [3.05, 3.63) is 71.3 Å². The van der Waals surface area contributed by atoms with E-state index in [0.717, 1.165) is 0 Å². The largest absolute Gasteiger partial charge is 0.303 e. The second-order valence-corrected chi connectivity index (χ2v) is 4.36. The van der Waals surface area contributed by atoms with E-state index in [2.05, 4.69) is 0 Å². The fourth-order valence-electron chi connectivity index (χ4n) is 1.70. The number of amides is 2. The first kappa shape index (κ1) is 15.6. The van der Waals surface area contributed by atoms with Gasteiger partial charge in [0.1, 0.15) is 6.61 Å². The average molecular weight is 302 g/mol. The van der Waals surface area contributed by atoms with Crippen LogP contribution in [-0.4, -0.2) is 27.5 Å². The maximum Gasteiger partial charge on any atom is 0.303 e. The minimum absolute atomic E-state index is 0.0594. The van der Waals surface area contributed by atoms with Crippen molar-refractivity contribution in [2.75, 3.05) is 0 Å². The van der Waals surface area contributed by atoms with Gasteiger partial charge in [-0.3, -0.25) is 20.0 Å². The molecular formula is C15H14N2O5. The van der Waals surface area contributed by atoms with Crippen molar-refractivity contribution in [2.45, 2.75) is 6.61 Å². The molecule has 2 rings (SSSR count). The number of carbonyl (C=O) groups is 2. The molecule has 114 valence electrons. The third-order valence-corrected chi connectivity index (χ3v) is 2.87. The number of nitrogens with one attached hydrogen (secondary N) is 1. The minimum atomic E-state index is -0.683. The second kappa shape index (κ2) is 7.32. The van der Waals surface area contributed by atoms with E-state index >= 15 is 0 Å². The second-order valence-electron chi connectivity index (χ2n) is 4.36. The van der Waals surface area contributed by atoms with Gasteiger partial charge in [-0.1, -0.05) is 35.6 Å². The summed E-state index contributed by atoms with van der Waals surface area (Å²) < 4.78 is 0. The Labute approximate surface area is 126 Å². The van der Waals surface area contributed by atoms with Crippen LogP contribution in [0.4, 0.5) is 0 Å². The first-order chi connectivity index (χ1) is 10.6. The monoisotopic (exact) mass is 302 g/mol. The predicted molar refractivity (Wildman–Crippen MR) is 74.9 cm³/mol. The molecule has 0 aliphatic carbocycles. The van der Waals surface area contributed by atoms with Crippen molar-refractivity contribution in [2.24, 2.45) is 0 Å². The molecule has 0 radical (unpaired) electrons. The van der Waals surface area contributed by atoms with E-state index < -0.39 is 11.8 Å². The molecule has 0 spiro atoms. The van der Waals surface area contributed by atoms with E-state index in [1.54, 1.807) is 42.5 Å². The number of benzene rings is 2. The van der Waals surface area contributed by atoms with Crippen LogP contribution >= 0.6 is 0 Å². The number of rotatable bonds is 5. The lowest BCUT2D eigenvalue weighted by molar-refractivity contribution is -0.303. The third-order valence-electron chi connectivity index (χ3n) is 2.87. The summed E-state index contributed by atoms with van der Waals surface area (Å²) in [7, 11) is 0. The highest BCUT2D eigenvalue weighted by atomic mass is 16.9. The fourth-order valence-corrected chi connectivity index (χ4v) is 1.70. The molecule has 0 atom stereocenters. The molecule has 0 heterocycles.